The number of nitrogens with zero attached hydrogens (tertiary/aromatic N) is 1. The predicted octanol–water partition coefficient (Wildman–Crippen LogP) is 4.30. The van der Waals surface area contributed by atoms with Gasteiger partial charge in [0.2, 0.25) is 0 Å². The first-order valence-electron chi connectivity index (χ1n) is 5.45. The number of aromatic amines is 1. The van der Waals surface area contributed by atoms with Gasteiger partial charge in [0.15, 0.2) is 5.69 Å². The molecule has 4 nitrogen and oxygen atoms in total. The highest BCUT2D eigenvalue weighted by Crippen LogP contribution is 2.38. The number of hydrogen-bond acceptors (Lipinski definition) is 3. The summed E-state index contributed by atoms with van der Waals surface area (Å²) >= 11 is 8.71. The fourth-order valence-corrected chi connectivity index (χ4v) is 2.47. The number of nitrogens with one attached hydrogen (secondary N) is 1. The van der Waals surface area contributed by atoms with E-state index in [1.54, 1.807) is 0 Å². The number of hydrogen-bond donors (Lipinski definition) is 1. The molecule has 112 valence electrons. The van der Waals surface area contributed by atoms with E-state index in [0.29, 0.717) is 5.56 Å². The van der Waals surface area contributed by atoms with E-state index >= 15 is 0 Å². The molecule has 0 atom stereocenters. The van der Waals surface area contributed by atoms with Crippen molar-refractivity contribution < 1.29 is 22.7 Å². The lowest BCUT2D eigenvalue weighted by Gasteiger charge is -2.06. The molecule has 0 aliphatic heterocycles. The minimum atomic E-state index is -4.57. The zero-order chi connectivity index (χ0) is 15.8. The molecule has 9 heteroatoms. The monoisotopic (exact) mass is 382 g/mol. The van der Waals surface area contributed by atoms with Crippen LogP contribution in [0.3, 0.4) is 0 Å². The van der Waals surface area contributed by atoms with Crippen molar-refractivity contribution >= 4 is 33.5 Å². The second-order valence-corrected chi connectivity index (χ2v) is 5.15. The number of benzene rings is 1. The standard InChI is InChI=1S/C12H7BrClF3N2O2/c1-21-11(20)6-4-5(2-3-7(6)14)9-8(13)10(19-18-9)12(15,16)17/h2-4H,1H3,(H,18,19). The minimum absolute atomic E-state index is 0.0177. The summed E-state index contributed by atoms with van der Waals surface area (Å²) < 4.78 is 42.4. The summed E-state index contributed by atoms with van der Waals surface area (Å²) in [7, 11) is 1.18. The van der Waals surface area contributed by atoms with Gasteiger partial charge >= 0.3 is 12.1 Å². The Bertz CT molecular complexity index is 700. The summed E-state index contributed by atoms with van der Waals surface area (Å²) in [5.74, 6) is -0.690. The molecule has 0 unspecified atom stereocenters. The van der Waals surface area contributed by atoms with Gasteiger partial charge in [0.05, 0.1) is 22.2 Å². The SMILES string of the molecule is COC(=O)c1cc(-c2n[nH]c(C(F)(F)F)c2Br)ccc1Cl. The van der Waals surface area contributed by atoms with Crippen molar-refractivity contribution in [3.8, 4) is 11.3 Å². The highest BCUT2D eigenvalue weighted by atomic mass is 79.9. The number of alkyl halides is 3. The third-order valence-electron chi connectivity index (χ3n) is 2.64. The Kier molecular flexibility index (Phi) is 4.29. The topological polar surface area (TPSA) is 55.0 Å². The van der Waals surface area contributed by atoms with Crippen LogP contribution in [-0.2, 0) is 10.9 Å². The quantitative estimate of drug-likeness (QED) is 0.787. The molecule has 0 fully saturated rings. The van der Waals surface area contributed by atoms with Gasteiger partial charge in [-0.1, -0.05) is 17.7 Å². The number of H-pyrrole nitrogens is 1. The fraction of sp³-hybridized carbons (Fsp3) is 0.167. The number of aromatic nitrogens is 2. The van der Waals surface area contributed by atoms with Crippen LogP contribution in [0.4, 0.5) is 13.2 Å². The molecule has 1 heterocycles. The molecule has 21 heavy (non-hydrogen) atoms. The average molecular weight is 384 g/mol. The second-order valence-electron chi connectivity index (χ2n) is 3.95. The van der Waals surface area contributed by atoms with Crippen LogP contribution in [0.15, 0.2) is 22.7 Å². The molecule has 0 amide bonds. The Balaban J connectivity index is 2.54. The Morgan fingerprint density at radius 3 is 2.62 bits per heavy atom. The molecule has 0 bridgehead atoms. The van der Waals surface area contributed by atoms with E-state index in [9.17, 15) is 18.0 Å². The Morgan fingerprint density at radius 1 is 1.43 bits per heavy atom. The van der Waals surface area contributed by atoms with E-state index in [1.165, 1.54) is 25.3 Å². The van der Waals surface area contributed by atoms with Gasteiger partial charge in [-0.2, -0.15) is 18.3 Å². The van der Waals surface area contributed by atoms with Gasteiger partial charge in [-0.05, 0) is 28.1 Å². The summed E-state index contributed by atoms with van der Waals surface area (Å²) in [6, 6.07) is 4.16. The highest BCUT2D eigenvalue weighted by Gasteiger charge is 2.36. The predicted molar refractivity (Wildman–Crippen MR) is 73.1 cm³/mol. The van der Waals surface area contributed by atoms with Crippen molar-refractivity contribution in [2.45, 2.75) is 6.18 Å². The largest absolute Gasteiger partial charge is 0.465 e. The molecule has 0 spiro atoms. The number of carbonyl (C=O) groups excluding carboxylic acids is 1. The van der Waals surface area contributed by atoms with E-state index in [2.05, 4.69) is 25.8 Å². The van der Waals surface area contributed by atoms with Crippen molar-refractivity contribution in [2.75, 3.05) is 7.11 Å². The van der Waals surface area contributed by atoms with Crippen LogP contribution in [0.1, 0.15) is 16.1 Å². The van der Waals surface area contributed by atoms with Gasteiger partial charge in [0.25, 0.3) is 0 Å². The second kappa shape index (κ2) is 5.69. The Labute approximate surface area is 130 Å². The van der Waals surface area contributed by atoms with Gasteiger partial charge in [0, 0.05) is 5.56 Å². The highest BCUT2D eigenvalue weighted by molar-refractivity contribution is 9.10. The van der Waals surface area contributed by atoms with Crippen LogP contribution in [0.5, 0.6) is 0 Å². The summed E-state index contributed by atoms with van der Waals surface area (Å²) in [5, 5.41) is 5.67. The molecule has 0 saturated heterocycles. The number of esters is 1. The van der Waals surface area contributed by atoms with Gasteiger partial charge < -0.3 is 4.74 Å². The number of methoxy groups -OCH3 is 1. The molecule has 0 saturated carbocycles. The summed E-state index contributed by atoms with van der Waals surface area (Å²) in [4.78, 5) is 11.5. The summed E-state index contributed by atoms with van der Waals surface area (Å²) in [5.41, 5.74) is -0.658. The third-order valence-corrected chi connectivity index (χ3v) is 3.74. The van der Waals surface area contributed by atoms with Crippen molar-refractivity contribution in [2.24, 2.45) is 0 Å². The lowest BCUT2D eigenvalue weighted by atomic mass is 10.1. The number of carbonyl (C=O) groups is 1. The molecule has 2 rings (SSSR count). The van der Waals surface area contributed by atoms with Crippen LogP contribution in [0.25, 0.3) is 11.3 Å². The molecule has 2 aromatic rings. The maximum Gasteiger partial charge on any atom is 0.433 e. The number of ether oxygens (including phenoxy) is 1. The van der Waals surface area contributed by atoms with E-state index in [0.717, 1.165) is 0 Å². The van der Waals surface area contributed by atoms with Gasteiger partial charge in [-0.25, -0.2) is 4.79 Å². The first-order valence-corrected chi connectivity index (χ1v) is 6.62. The van der Waals surface area contributed by atoms with Crippen LogP contribution >= 0.6 is 27.5 Å². The van der Waals surface area contributed by atoms with E-state index in [-0.39, 0.29) is 20.8 Å². The summed E-state index contributed by atoms with van der Waals surface area (Å²) in [6.45, 7) is 0. The third kappa shape index (κ3) is 3.06. The number of halogens is 5. The molecule has 0 aliphatic rings. The molecule has 1 aromatic carbocycles. The molecule has 1 aromatic heterocycles. The molecular formula is C12H7BrClF3N2O2. The van der Waals surface area contributed by atoms with Crippen molar-refractivity contribution in [3.05, 3.63) is 39.0 Å². The smallest absolute Gasteiger partial charge is 0.433 e. The number of rotatable bonds is 2. The maximum absolute atomic E-state index is 12.7. The van der Waals surface area contributed by atoms with Crippen LogP contribution in [0, 0.1) is 0 Å². The normalized spacial score (nSPS) is 11.5. The van der Waals surface area contributed by atoms with E-state index in [4.69, 9.17) is 11.6 Å². The van der Waals surface area contributed by atoms with Crippen LogP contribution in [0.2, 0.25) is 5.02 Å². The van der Waals surface area contributed by atoms with Crippen molar-refractivity contribution in [1.29, 1.82) is 0 Å². The summed E-state index contributed by atoms with van der Waals surface area (Å²) in [6.07, 6.45) is -4.57. The first kappa shape index (κ1) is 15.8. The van der Waals surface area contributed by atoms with E-state index < -0.39 is 17.8 Å². The molecular weight excluding hydrogens is 376 g/mol. The zero-order valence-corrected chi connectivity index (χ0v) is 12.7. The first-order chi connectivity index (χ1) is 9.75. The van der Waals surface area contributed by atoms with Crippen LogP contribution < -0.4 is 0 Å². The lowest BCUT2D eigenvalue weighted by Crippen LogP contribution is -2.06. The molecule has 0 radical (unpaired) electrons. The zero-order valence-electron chi connectivity index (χ0n) is 10.4. The lowest BCUT2D eigenvalue weighted by molar-refractivity contribution is -0.141. The van der Waals surface area contributed by atoms with Crippen molar-refractivity contribution in [3.63, 3.8) is 0 Å². The Hall–Kier alpha value is -1.54. The van der Waals surface area contributed by atoms with Gasteiger partial charge in [-0.3, -0.25) is 5.10 Å². The van der Waals surface area contributed by atoms with Crippen LogP contribution in [-0.4, -0.2) is 23.3 Å². The molecule has 1 N–H and O–H groups in total. The average Bonchev–Trinajstić information content (AvgIpc) is 2.80. The molecule has 0 aliphatic carbocycles. The minimum Gasteiger partial charge on any atom is -0.465 e. The Morgan fingerprint density at radius 2 is 2.10 bits per heavy atom. The van der Waals surface area contributed by atoms with Crippen molar-refractivity contribution in [1.82, 2.24) is 10.2 Å². The van der Waals surface area contributed by atoms with E-state index in [1.807, 2.05) is 5.10 Å². The van der Waals surface area contributed by atoms with Gasteiger partial charge in [-0.15, -0.1) is 0 Å². The maximum atomic E-state index is 12.7. The van der Waals surface area contributed by atoms with Gasteiger partial charge in [0.1, 0.15) is 5.69 Å². The fourth-order valence-electron chi connectivity index (χ4n) is 1.65.